The highest BCUT2D eigenvalue weighted by Gasteiger charge is 2.10. The molecule has 0 spiro atoms. The van der Waals surface area contributed by atoms with Gasteiger partial charge in [-0.05, 0) is 12.1 Å². The smallest absolute Gasteiger partial charge is 0.295 e. The number of nitrogens with zero attached hydrogens (tertiary/aromatic N) is 2. The number of nitrogens with two attached hydrogens (primary N) is 1. The van der Waals surface area contributed by atoms with E-state index in [0.29, 0.717) is 16.7 Å². The molecular formula is C14H11N3O. The Bertz CT molecular complexity index is 763. The van der Waals surface area contributed by atoms with Crippen LogP contribution in [0.1, 0.15) is 0 Å². The average Bonchev–Trinajstić information content (AvgIpc) is 2.44. The molecule has 0 aliphatic heterocycles. The number of rotatable bonds is 1. The van der Waals surface area contributed by atoms with Crippen LogP contribution in [0.25, 0.3) is 22.3 Å². The summed E-state index contributed by atoms with van der Waals surface area (Å²) < 4.78 is 1.14. The highest BCUT2D eigenvalue weighted by Crippen LogP contribution is 2.15. The molecule has 1 aromatic heterocycles. The lowest BCUT2D eigenvalue weighted by Crippen LogP contribution is -2.29. The Labute approximate surface area is 103 Å². The minimum Gasteiger partial charge on any atom is -0.336 e. The minimum atomic E-state index is -0.292. The molecule has 4 nitrogen and oxygen atoms in total. The van der Waals surface area contributed by atoms with E-state index in [-0.39, 0.29) is 5.56 Å². The van der Waals surface area contributed by atoms with Gasteiger partial charge in [-0.2, -0.15) is 0 Å². The summed E-state index contributed by atoms with van der Waals surface area (Å²) in [5, 5.41) is 0. The molecule has 0 atom stereocenters. The molecule has 0 saturated carbocycles. The number of hydrogen-bond acceptors (Lipinski definition) is 3. The lowest BCUT2D eigenvalue weighted by Gasteiger charge is -2.07. The number of aromatic nitrogens is 2. The van der Waals surface area contributed by atoms with Crippen molar-refractivity contribution in [2.24, 2.45) is 0 Å². The van der Waals surface area contributed by atoms with Crippen LogP contribution in [0.15, 0.2) is 59.4 Å². The molecule has 1 heterocycles. The van der Waals surface area contributed by atoms with E-state index in [4.69, 9.17) is 5.84 Å². The molecule has 2 aromatic carbocycles. The van der Waals surface area contributed by atoms with Crippen LogP contribution >= 0.6 is 0 Å². The van der Waals surface area contributed by atoms with E-state index in [2.05, 4.69) is 4.98 Å². The molecule has 4 heteroatoms. The summed E-state index contributed by atoms with van der Waals surface area (Å²) in [6.45, 7) is 0. The third-order valence-electron chi connectivity index (χ3n) is 2.84. The predicted octanol–water partition coefficient (Wildman–Crippen LogP) is 1.78. The van der Waals surface area contributed by atoms with Crippen molar-refractivity contribution in [3.05, 3.63) is 65.0 Å². The molecule has 0 fully saturated rings. The second kappa shape index (κ2) is 4.00. The van der Waals surface area contributed by atoms with Gasteiger partial charge >= 0.3 is 0 Å². The monoisotopic (exact) mass is 237 g/mol. The van der Waals surface area contributed by atoms with Crippen molar-refractivity contribution in [1.82, 2.24) is 9.66 Å². The van der Waals surface area contributed by atoms with Gasteiger partial charge in [-0.15, -0.1) is 0 Å². The fourth-order valence-electron chi connectivity index (χ4n) is 1.94. The van der Waals surface area contributed by atoms with Crippen LogP contribution in [-0.4, -0.2) is 9.66 Å². The maximum absolute atomic E-state index is 12.2. The highest BCUT2D eigenvalue weighted by atomic mass is 16.1. The van der Waals surface area contributed by atoms with Crippen LogP contribution in [-0.2, 0) is 0 Å². The summed E-state index contributed by atoms with van der Waals surface area (Å²) in [5.74, 6) is 5.82. The van der Waals surface area contributed by atoms with E-state index in [9.17, 15) is 4.79 Å². The van der Waals surface area contributed by atoms with Crippen molar-refractivity contribution in [3.8, 4) is 11.3 Å². The van der Waals surface area contributed by atoms with Crippen molar-refractivity contribution in [3.63, 3.8) is 0 Å². The zero-order chi connectivity index (χ0) is 12.5. The van der Waals surface area contributed by atoms with Gasteiger partial charge in [0.1, 0.15) is 5.69 Å². The number of benzene rings is 2. The number of para-hydroxylation sites is 2. The van der Waals surface area contributed by atoms with E-state index in [0.717, 1.165) is 10.2 Å². The standard InChI is InChI=1S/C14H11N3O/c15-17-12-9-5-4-8-11(12)16-13(14(17)18)10-6-2-1-3-7-10/h1-9H,15H2. The molecule has 0 saturated heterocycles. The van der Waals surface area contributed by atoms with Crippen molar-refractivity contribution in [1.29, 1.82) is 0 Å². The van der Waals surface area contributed by atoms with Gasteiger partial charge in [0.05, 0.1) is 11.0 Å². The molecule has 0 unspecified atom stereocenters. The number of hydrogen-bond donors (Lipinski definition) is 1. The first kappa shape index (κ1) is 10.5. The summed E-state index contributed by atoms with van der Waals surface area (Å²) in [5.41, 5.74) is 2.18. The maximum atomic E-state index is 12.2. The molecular weight excluding hydrogens is 226 g/mol. The van der Waals surface area contributed by atoms with Gasteiger partial charge in [0, 0.05) is 5.56 Å². The second-order valence-electron chi connectivity index (χ2n) is 3.99. The Morgan fingerprint density at radius 3 is 2.39 bits per heavy atom. The first-order valence-corrected chi connectivity index (χ1v) is 5.59. The first-order valence-electron chi connectivity index (χ1n) is 5.59. The van der Waals surface area contributed by atoms with E-state index in [1.807, 2.05) is 48.5 Å². The van der Waals surface area contributed by atoms with Gasteiger partial charge in [-0.25, -0.2) is 9.66 Å². The fraction of sp³-hybridized carbons (Fsp3) is 0. The lowest BCUT2D eigenvalue weighted by molar-refractivity contribution is 0.972. The van der Waals surface area contributed by atoms with Crippen LogP contribution in [0.5, 0.6) is 0 Å². The SMILES string of the molecule is Nn1c(=O)c(-c2ccccc2)nc2ccccc21. The van der Waals surface area contributed by atoms with Crippen LogP contribution in [0, 0.1) is 0 Å². The molecule has 3 aromatic rings. The summed E-state index contributed by atoms with van der Waals surface area (Å²) in [6, 6.07) is 16.6. The molecule has 18 heavy (non-hydrogen) atoms. The van der Waals surface area contributed by atoms with Crippen LogP contribution < -0.4 is 11.4 Å². The molecule has 0 radical (unpaired) electrons. The molecule has 88 valence electrons. The normalized spacial score (nSPS) is 10.7. The summed E-state index contributed by atoms with van der Waals surface area (Å²) in [7, 11) is 0. The zero-order valence-electron chi connectivity index (χ0n) is 9.58. The Morgan fingerprint density at radius 2 is 1.61 bits per heavy atom. The van der Waals surface area contributed by atoms with E-state index in [1.54, 1.807) is 6.07 Å². The third kappa shape index (κ3) is 1.55. The molecule has 0 amide bonds. The summed E-state index contributed by atoms with van der Waals surface area (Å²) in [6.07, 6.45) is 0. The van der Waals surface area contributed by atoms with Gasteiger partial charge in [0.15, 0.2) is 0 Å². The van der Waals surface area contributed by atoms with Crippen LogP contribution in [0.3, 0.4) is 0 Å². The van der Waals surface area contributed by atoms with Gasteiger partial charge in [-0.3, -0.25) is 4.79 Å². The minimum absolute atomic E-state index is 0.292. The Morgan fingerprint density at radius 1 is 0.944 bits per heavy atom. The first-order chi connectivity index (χ1) is 8.77. The quantitative estimate of drug-likeness (QED) is 0.656. The number of nitrogen functional groups attached to an aromatic ring is 1. The van der Waals surface area contributed by atoms with Crippen LogP contribution in [0.2, 0.25) is 0 Å². The topological polar surface area (TPSA) is 60.9 Å². The molecule has 2 N–H and O–H groups in total. The Hall–Kier alpha value is -2.62. The average molecular weight is 237 g/mol. The van der Waals surface area contributed by atoms with E-state index in [1.165, 1.54) is 0 Å². The number of fused-ring (bicyclic) bond motifs is 1. The Balaban J connectivity index is 2.38. The molecule has 0 aliphatic carbocycles. The highest BCUT2D eigenvalue weighted by molar-refractivity contribution is 5.77. The van der Waals surface area contributed by atoms with Gasteiger partial charge in [-0.1, -0.05) is 42.5 Å². The van der Waals surface area contributed by atoms with Crippen molar-refractivity contribution < 1.29 is 0 Å². The van der Waals surface area contributed by atoms with Crippen molar-refractivity contribution in [2.45, 2.75) is 0 Å². The third-order valence-corrected chi connectivity index (χ3v) is 2.84. The summed E-state index contributed by atoms with van der Waals surface area (Å²) >= 11 is 0. The zero-order valence-corrected chi connectivity index (χ0v) is 9.58. The largest absolute Gasteiger partial charge is 0.336 e. The predicted molar refractivity (Wildman–Crippen MR) is 71.6 cm³/mol. The Kier molecular flexibility index (Phi) is 2.34. The van der Waals surface area contributed by atoms with Crippen molar-refractivity contribution >= 4 is 11.0 Å². The second-order valence-corrected chi connectivity index (χ2v) is 3.99. The maximum Gasteiger partial charge on any atom is 0.295 e. The van der Waals surface area contributed by atoms with E-state index >= 15 is 0 Å². The van der Waals surface area contributed by atoms with Crippen molar-refractivity contribution in [2.75, 3.05) is 5.84 Å². The molecule has 0 aliphatic rings. The fourth-order valence-corrected chi connectivity index (χ4v) is 1.94. The molecule has 3 rings (SSSR count). The summed E-state index contributed by atoms with van der Waals surface area (Å²) in [4.78, 5) is 16.6. The van der Waals surface area contributed by atoms with Crippen LogP contribution in [0.4, 0.5) is 0 Å². The van der Waals surface area contributed by atoms with Gasteiger partial charge in [0.2, 0.25) is 0 Å². The van der Waals surface area contributed by atoms with Gasteiger partial charge < -0.3 is 5.84 Å². The molecule has 0 bridgehead atoms. The van der Waals surface area contributed by atoms with Gasteiger partial charge in [0.25, 0.3) is 5.56 Å². The lowest BCUT2D eigenvalue weighted by atomic mass is 10.1. The van der Waals surface area contributed by atoms with E-state index < -0.39 is 0 Å².